The van der Waals surface area contributed by atoms with Crippen LogP contribution in [0.15, 0.2) is 24.0 Å². The molecular weight excluding hydrogens is 560 g/mol. The molecule has 2 heterocycles. The topological polar surface area (TPSA) is 172 Å². The van der Waals surface area contributed by atoms with E-state index < -0.39 is 53.1 Å². The molecule has 1 spiro atoms. The van der Waals surface area contributed by atoms with Gasteiger partial charge in [0.1, 0.15) is 11.8 Å². The van der Waals surface area contributed by atoms with Crippen LogP contribution in [0.4, 0.5) is 0 Å². The molecule has 1 aliphatic carbocycles. The van der Waals surface area contributed by atoms with E-state index in [1.165, 1.54) is 13.0 Å². The summed E-state index contributed by atoms with van der Waals surface area (Å²) in [6, 6.07) is 1.93. The summed E-state index contributed by atoms with van der Waals surface area (Å²) in [6.45, 7) is 9.45. The SMILES string of the molecule is Cc1ccc(O)c2c1[C@]13CCN(C)[C@H](C)[C@]1(O)CC=C(OC(=O)CCC(=O)O[C@@H](C)C(=O)N[C@@H](CC(C)C)C(=O)O)[C@@H]3O2. The number of likely N-dealkylation sites (tertiary alicyclic amines) is 1. The first-order valence-electron chi connectivity index (χ1n) is 14.7. The van der Waals surface area contributed by atoms with Gasteiger partial charge in [0.25, 0.3) is 5.91 Å². The molecular formula is C31H42N2O10. The molecule has 1 saturated heterocycles. The van der Waals surface area contributed by atoms with Crippen LogP contribution in [0, 0.1) is 12.8 Å². The van der Waals surface area contributed by atoms with Crippen molar-refractivity contribution >= 4 is 23.8 Å². The van der Waals surface area contributed by atoms with Crippen LogP contribution >= 0.6 is 0 Å². The number of phenols is 1. The summed E-state index contributed by atoms with van der Waals surface area (Å²) in [7, 11) is 1.94. The van der Waals surface area contributed by atoms with E-state index in [1.54, 1.807) is 12.1 Å². The number of aromatic hydroxyl groups is 1. The number of amides is 1. The lowest BCUT2D eigenvalue weighted by molar-refractivity contribution is -0.163. The number of fused-ring (bicyclic) bond motifs is 1. The fourth-order valence-corrected chi connectivity index (χ4v) is 6.68. The molecule has 12 heteroatoms. The van der Waals surface area contributed by atoms with Crippen LogP contribution in [0.3, 0.4) is 0 Å². The number of rotatable bonds is 10. The number of nitrogens with one attached hydrogen (secondary N) is 1. The highest BCUT2D eigenvalue weighted by Gasteiger charge is 2.69. The number of phenolic OH excluding ortho intramolecular Hbond substituents is 1. The minimum atomic E-state index is -1.28. The van der Waals surface area contributed by atoms with Crippen molar-refractivity contribution < 1.29 is 48.7 Å². The molecule has 4 rings (SSSR count). The molecule has 236 valence electrons. The summed E-state index contributed by atoms with van der Waals surface area (Å²) < 4.78 is 17.1. The maximum atomic E-state index is 12.9. The summed E-state index contributed by atoms with van der Waals surface area (Å²) in [5, 5.41) is 34.6. The number of carbonyl (C=O) groups excluding carboxylic acids is 3. The molecule has 0 aromatic heterocycles. The second kappa shape index (κ2) is 12.2. The second-order valence-corrected chi connectivity index (χ2v) is 12.4. The summed E-state index contributed by atoms with van der Waals surface area (Å²) in [5.41, 5.74) is -0.708. The molecule has 1 aromatic carbocycles. The van der Waals surface area contributed by atoms with Gasteiger partial charge in [-0.2, -0.15) is 0 Å². The molecule has 4 N–H and O–H groups in total. The lowest BCUT2D eigenvalue weighted by Crippen LogP contribution is -2.71. The van der Waals surface area contributed by atoms with Crippen molar-refractivity contribution in [2.45, 2.75) is 102 Å². The molecule has 3 aliphatic rings. The molecule has 43 heavy (non-hydrogen) atoms. The number of nitrogens with zero attached hydrogens (tertiary/aromatic N) is 1. The Kier molecular flexibility index (Phi) is 9.13. The Bertz CT molecular complexity index is 1330. The number of benzene rings is 1. The van der Waals surface area contributed by atoms with Gasteiger partial charge in [-0.25, -0.2) is 4.79 Å². The maximum absolute atomic E-state index is 12.9. The first-order chi connectivity index (χ1) is 20.1. The third-order valence-electron chi connectivity index (χ3n) is 9.10. The second-order valence-electron chi connectivity index (χ2n) is 12.4. The predicted octanol–water partition coefficient (Wildman–Crippen LogP) is 2.31. The third kappa shape index (κ3) is 5.82. The molecule has 0 bridgehead atoms. The number of carboxylic acid groups (broad SMARTS) is 1. The molecule has 0 radical (unpaired) electrons. The smallest absolute Gasteiger partial charge is 0.326 e. The number of ether oxygens (including phenoxy) is 3. The maximum Gasteiger partial charge on any atom is 0.326 e. The third-order valence-corrected chi connectivity index (χ3v) is 9.10. The number of aliphatic carboxylic acids is 1. The van der Waals surface area contributed by atoms with Crippen LogP contribution in [0.1, 0.15) is 70.9 Å². The number of aliphatic hydroxyl groups is 1. The first kappa shape index (κ1) is 32.3. The Morgan fingerprint density at radius 1 is 1.16 bits per heavy atom. The van der Waals surface area contributed by atoms with Crippen molar-refractivity contribution in [2.75, 3.05) is 13.6 Å². The highest BCUT2D eigenvalue weighted by molar-refractivity contribution is 5.88. The van der Waals surface area contributed by atoms with E-state index in [4.69, 9.17) is 14.2 Å². The van der Waals surface area contributed by atoms with Crippen molar-refractivity contribution in [1.82, 2.24) is 10.2 Å². The molecule has 1 fully saturated rings. The number of aryl methyl sites for hydroxylation is 1. The van der Waals surface area contributed by atoms with Crippen LogP contribution in [-0.4, -0.2) is 87.5 Å². The van der Waals surface area contributed by atoms with E-state index in [0.29, 0.717) is 18.5 Å². The van der Waals surface area contributed by atoms with Crippen LogP contribution in [0.25, 0.3) is 0 Å². The number of carboxylic acids is 1. The van der Waals surface area contributed by atoms with Gasteiger partial charge in [-0.05, 0) is 70.8 Å². The Balaban J connectivity index is 1.43. The Hall–Kier alpha value is -3.64. The number of hydrogen-bond donors (Lipinski definition) is 4. The standard InChI is InChI=1S/C31H42N2O10/c1-16(2)15-20(29(38)39)32-28(37)18(4)41-23(35)9-10-24(36)42-22-11-12-31(40)19(5)33(6)14-13-30(31)25-17(3)7-8-21(34)26(25)43-27(22)30/h7-8,11,16,18-20,27,34,40H,9-10,12-15H2,1-6H3,(H,32,37)(H,38,39)/t18-,19+,20-,27-,30-,31+/m0/s1. The van der Waals surface area contributed by atoms with Gasteiger partial charge >= 0.3 is 17.9 Å². The van der Waals surface area contributed by atoms with Crippen molar-refractivity contribution in [2.24, 2.45) is 5.92 Å². The van der Waals surface area contributed by atoms with Crippen molar-refractivity contribution in [3.8, 4) is 11.5 Å². The number of esters is 2. The van der Waals surface area contributed by atoms with Gasteiger partial charge < -0.3 is 39.7 Å². The molecule has 0 saturated carbocycles. The van der Waals surface area contributed by atoms with E-state index in [1.807, 2.05) is 34.7 Å². The highest BCUT2D eigenvalue weighted by atomic mass is 16.6. The molecule has 6 atom stereocenters. The molecule has 1 amide bonds. The minimum Gasteiger partial charge on any atom is -0.504 e. The summed E-state index contributed by atoms with van der Waals surface area (Å²) in [6.07, 6.45) is -0.342. The van der Waals surface area contributed by atoms with E-state index in [0.717, 1.165) is 5.56 Å². The summed E-state index contributed by atoms with van der Waals surface area (Å²) in [4.78, 5) is 51.2. The zero-order valence-corrected chi connectivity index (χ0v) is 25.5. The van der Waals surface area contributed by atoms with Crippen LogP contribution in [-0.2, 0) is 34.1 Å². The Morgan fingerprint density at radius 3 is 2.49 bits per heavy atom. The lowest BCUT2D eigenvalue weighted by atomic mass is 9.54. The largest absolute Gasteiger partial charge is 0.504 e. The van der Waals surface area contributed by atoms with Gasteiger partial charge in [0.05, 0.1) is 23.9 Å². The predicted molar refractivity (Wildman–Crippen MR) is 153 cm³/mol. The lowest BCUT2D eigenvalue weighted by Gasteiger charge is -2.58. The number of likely N-dealkylation sites (N-methyl/N-ethyl adjacent to an activating group) is 1. The number of hydrogen-bond acceptors (Lipinski definition) is 10. The first-order valence-corrected chi connectivity index (χ1v) is 14.7. The number of piperidine rings is 1. The van der Waals surface area contributed by atoms with Crippen molar-refractivity contribution in [1.29, 1.82) is 0 Å². The quantitative estimate of drug-likeness (QED) is 0.290. The summed E-state index contributed by atoms with van der Waals surface area (Å²) in [5.74, 6) is -3.07. The van der Waals surface area contributed by atoms with Gasteiger partial charge in [-0.15, -0.1) is 0 Å². The minimum absolute atomic E-state index is 0.0228. The van der Waals surface area contributed by atoms with Crippen LogP contribution in [0.2, 0.25) is 0 Å². The Labute approximate surface area is 251 Å². The Morgan fingerprint density at radius 2 is 1.84 bits per heavy atom. The summed E-state index contributed by atoms with van der Waals surface area (Å²) >= 11 is 0. The zero-order chi connectivity index (χ0) is 31.9. The average molecular weight is 603 g/mol. The normalized spacial score (nSPS) is 27.5. The molecule has 2 aliphatic heterocycles. The van der Waals surface area contributed by atoms with E-state index >= 15 is 0 Å². The molecule has 12 nitrogen and oxygen atoms in total. The fraction of sp³-hybridized carbons (Fsp3) is 0.613. The average Bonchev–Trinajstić information content (AvgIpc) is 3.30. The van der Waals surface area contributed by atoms with Gasteiger partial charge in [0.2, 0.25) is 0 Å². The van der Waals surface area contributed by atoms with Gasteiger partial charge in [0, 0.05) is 18.0 Å². The monoisotopic (exact) mass is 602 g/mol. The van der Waals surface area contributed by atoms with Gasteiger partial charge in [-0.3, -0.25) is 14.4 Å². The molecule has 0 unspecified atom stereocenters. The van der Waals surface area contributed by atoms with Gasteiger partial charge in [-0.1, -0.05) is 19.9 Å². The van der Waals surface area contributed by atoms with E-state index in [-0.39, 0.29) is 54.9 Å². The van der Waals surface area contributed by atoms with E-state index in [9.17, 15) is 34.5 Å². The van der Waals surface area contributed by atoms with Gasteiger partial charge in [0.15, 0.2) is 23.7 Å². The fourth-order valence-electron chi connectivity index (χ4n) is 6.68. The number of carbonyl (C=O) groups is 4. The highest BCUT2D eigenvalue weighted by Crippen LogP contribution is 2.62. The van der Waals surface area contributed by atoms with Crippen molar-refractivity contribution in [3.63, 3.8) is 0 Å². The van der Waals surface area contributed by atoms with Crippen LogP contribution < -0.4 is 10.1 Å². The van der Waals surface area contributed by atoms with Crippen LogP contribution in [0.5, 0.6) is 11.5 Å². The van der Waals surface area contributed by atoms with Crippen molar-refractivity contribution in [3.05, 3.63) is 35.1 Å². The molecule has 1 aromatic rings. The van der Waals surface area contributed by atoms with E-state index in [2.05, 4.69) is 10.2 Å². The zero-order valence-electron chi connectivity index (χ0n) is 25.5.